The van der Waals surface area contributed by atoms with Crippen LogP contribution in [0.15, 0.2) is 82.1 Å². The van der Waals surface area contributed by atoms with E-state index in [0.717, 1.165) is 11.1 Å². The summed E-state index contributed by atoms with van der Waals surface area (Å²) in [5, 5.41) is 2.86. The van der Waals surface area contributed by atoms with E-state index in [1.54, 1.807) is 30.5 Å². The zero-order valence-electron chi connectivity index (χ0n) is 16.3. The summed E-state index contributed by atoms with van der Waals surface area (Å²) in [5.74, 6) is -0.115. The minimum atomic E-state index is -0.460. The van der Waals surface area contributed by atoms with E-state index < -0.39 is 5.76 Å². The van der Waals surface area contributed by atoms with Crippen molar-refractivity contribution in [3.05, 3.63) is 94.6 Å². The first-order chi connectivity index (χ1) is 14.7. The number of ether oxygens (including phenoxy) is 1. The number of aryl methyl sites for hydroxylation is 1. The molecule has 152 valence electrons. The third-order valence-electron chi connectivity index (χ3n) is 4.65. The van der Waals surface area contributed by atoms with Crippen molar-refractivity contribution in [1.29, 1.82) is 0 Å². The Morgan fingerprint density at radius 2 is 1.83 bits per heavy atom. The van der Waals surface area contributed by atoms with Gasteiger partial charge in [-0.15, -0.1) is 0 Å². The van der Waals surface area contributed by atoms with Gasteiger partial charge >= 0.3 is 5.76 Å². The summed E-state index contributed by atoms with van der Waals surface area (Å²) in [4.78, 5) is 28.4. The molecule has 2 aromatic carbocycles. The van der Waals surface area contributed by atoms with Crippen molar-refractivity contribution in [1.82, 2.24) is 14.9 Å². The highest BCUT2D eigenvalue weighted by atomic mass is 16.5. The zero-order valence-corrected chi connectivity index (χ0v) is 16.3. The van der Waals surface area contributed by atoms with Crippen molar-refractivity contribution >= 4 is 17.0 Å². The molecule has 0 aliphatic heterocycles. The van der Waals surface area contributed by atoms with Crippen molar-refractivity contribution in [2.45, 2.75) is 26.1 Å². The van der Waals surface area contributed by atoms with Crippen molar-refractivity contribution in [2.75, 3.05) is 0 Å². The molecule has 0 aliphatic rings. The topological polar surface area (TPSA) is 86.4 Å². The number of hydrogen-bond donors (Lipinski definition) is 1. The highest BCUT2D eigenvalue weighted by molar-refractivity contribution is 5.76. The molecule has 2 heterocycles. The van der Waals surface area contributed by atoms with Gasteiger partial charge in [-0.1, -0.05) is 42.5 Å². The number of oxazole rings is 1. The SMILES string of the molecule is O=C(CCn1c(=O)oc2ccccc21)NCc1ccnc(OCc2ccccc2)c1. The van der Waals surface area contributed by atoms with E-state index >= 15 is 0 Å². The smallest absolute Gasteiger partial charge is 0.419 e. The number of hydrogen-bond acceptors (Lipinski definition) is 5. The second kappa shape index (κ2) is 9.09. The van der Waals surface area contributed by atoms with E-state index in [-0.39, 0.29) is 18.9 Å². The third kappa shape index (κ3) is 4.75. The van der Waals surface area contributed by atoms with Gasteiger partial charge in [-0.25, -0.2) is 9.78 Å². The Morgan fingerprint density at radius 1 is 1.03 bits per heavy atom. The number of carbonyl (C=O) groups excluding carboxylic acids is 1. The molecule has 0 saturated heterocycles. The van der Waals surface area contributed by atoms with Crippen LogP contribution in [0.3, 0.4) is 0 Å². The highest BCUT2D eigenvalue weighted by Crippen LogP contribution is 2.13. The zero-order chi connectivity index (χ0) is 20.8. The fraction of sp³-hybridized carbons (Fsp3) is 0.174. The van der Waals surface area contributed by atoms with Gasteiger partial charge in [0.1, 0.15) is 6.61 Å². The molecule has 30 heavy (non-hydrogen) atoms. The molecule has 1 N–H and O–H groups in total. The Hall–Kier alpha value is -3.87. The van der Waals surface area contributed by atoms with Gasteiger partial charge in [0, 0.05) is 31.8 Å². The Kier molecular flexibility index (Phi) is 5.89. The molecule has 4 rings (SSSR count). The molecule has 0 atom stereocenters. The second-order valence-electron chi connectivity index (χ2n) is 6.79. The van der Waals surface area contributed by atoms with Crippen LogP contribution in [0.5, 0.6) is 5.88 Å². The lowest BCUT2D eigenvalue weighted by Gasteiger charge is -2.09. The number of fused-ring (bicyclic) bond motifs is 1. The van der Waals surface area contributed by atoms with Gasteiger partial charge in [-0.05, 0) is 29.3 Å². The standard InChI is InChI=1S/C23H21N3O4/c27-21(11-13-26-19-8-4-5-9-20(19)30-23(26)28)25-15-18-10-12-24-22(14-18)29-16-17-6-2-1-3-7-17/h1-10,12,14H,11,13,15-16H2,(H,25,27). The van der Waals surface area contributed by atoms with Gasteiger partial charge in [0.2, 0.25) is 11.8 Å². The van der Waals surface area contributed by atoms with E-state index in [9.17, 15) is 9.59 Å². The number of para-hydroxylation sites is 2. The molecule has 4 aromatic rings. The van der Waals surface area contributed by atoms with Crippen LogP contribution in [0.1, 0.15) is 17.5 Å². The number of nitrogens with zero attached hydrogens (tertiary/aromatic N) is 2. The summed E-state index contributed by atoms with van der Waals surface area (Å²) in [7, 11) is 0. The summed E-state index contributed by atoms with van der Waals surface area (Å²) in [6, 6.07) is 20.6. The summed E-state index contributed by atoms with van der Waals surface area (Å²) in [6.45, 7) is 1.03. The molecule has 0 spiro atoms. The van der Waals surface area contributed by atoms with E-state index in [0.29, 0.717) is 30.1 Å². The first-order valence-corrected chi connectivity index (χ1v) is 9.66. The summed E-state index contributed by atoms with van der Waals surface area (Å²) in [6.07, 6.45) is 1.82. The maximum atomic E-state index is 12.3. The predicted molar refractivity (Wildman–Crippen MR) is 112 cm³/mol. The van der Waals surface area contributed by atoms with Crippen LogP contribution in [-0.4, -0.2) is 15.5 Å². The van der Waals surface area contributed by atoms with E-state index in [4.69, 9.17) is 9.15 Å². The summed E-state index contributed by atoms with van der Waals surface area (Å²) in [5.41, 5.74) is 3.14. The van der Waals surface area contributed by atoms with E-state index in [2.05, 4.69) is 10.3 Å². The average molecular weight is 403 g/mol. The molecule has 7 nitrogen and oxygen atoms in total. The molecule has 0 aliphatic carbocycles. The van der Waals surface area contributed by atoms with Crippen molar-refractivity contribution in [2.24, 2.45) is 0 Å². The van der Waals surface area contributed by atoms with Crippen LogP contribution in [0, 0.1) is 0 Å². The first kappa shape index (κ1) is 19.4. The Morgan fingerprint density at radius 3 is 2.70 bits per heavy atom. The molecule has 1 amide bonds. The molecular formula is C23H21N3O4. The average Bonchev–Trinajstić information content (AvgIpc) is 3.11. The van der Waals surface area contributed by atoms with E-state index in [1.807, 2.05) is 42.5 Å². The first-order valence-electron chi connectivity index (χ1n) is 9.66. The lowest BCUT2D eigenvalue weighted by molar-refractivity contribution is -0.121. The van der Waals surface area contributed by atoms with Gasteiger partial charge < -0.3 is 14.5 Å². The maximum absolute atomic E-state index is 12.3. The normalized spacial score (nSPS) is 10.8. The second-order valence-corrected chi connectivity index (χ2v) is 6.79. The van der Waals surface area contributed by atoms with E-state index in [1.165, 1.54) is 4.57 Å². The van der Waals surface area contributed by atoms with Crippen molar-refractivity contribution in [3.8, 4) is 5.88 Å². The monoisotopic (exact) mass is 403 g/mol. The number of pyridine rings is 1. The Labute approximate surface area is 172 Å². The number of nitrogens with one attached hydrogen (secondary N) is 1. The van der Waals surface area contributed by atoms with Gasteiger partial charge in [0.05, 0.1) is 5.52 Å². The Balaban J connectivity index is 1.29. The van der Waals surface area contributed by atoms with Crippen LogP contribution < -0.4 is 15.8 Å². The third-order valence-corrected chi connectivity index (χ3v) is 4.65. The van der Waals surface area contributed by atoms with Crippen LogP contribution in [-0.2, 0) is 24.5 Å². The summed E-state index contributed by atoms with van der Waals surface area (Å²) < 4.78 is 12.4. The molecule has 0 bridgehead atoms. The number of aromatic nitrogens is 2. The minimum Gasteiger partial charge on any atom is -0.473 e. The number of rotatable bonds is 8. The van der Waals surface area contributed by atoms with Crippen LogP contribution in [0.25, 0.3) is 11.1 Å². The fourth-order valence-electron chi connectivity index (χ4n) is 3.10. The van der Waals surface area contributed by atoms with Crippen LogP contribution in [0.4, 0.5) is 0 Å². The largest absolute Gasteiger partial charge is 0.473 e. The highest BCUT2D eigenvalue weighted by Gasteiger charge is 2.10. The molecule has 0 saturated carbocycles. The Bertz CT molecular complexity index is 1200. The van der Waals surface area contributed by atoms with Gasteiger partial charge in [-0.2, -0.15) is 0 Å². The number of amides is 1. The van der Waals surface area contributed by atoms with Gasteiger partial charge in [-0.3, -0.25) is 9.36 Å². The molecule has 0 unspecified atom stereocenters. The molecule has 7 heteroatoms. The fourth-order valence-corrected chi connectivity index (χ4v) is 3.10. The van der Waals surface area contributed by atoms with Gasteiger partial charge in [0.25, 0.3) is 0 Å². The minimum absolute atomic E-state index is 0.157. The molecular weight excluding hydrogens is 382 g/mol. The number of carbonyl (C=O) groups is 1. The quantitative estimate of drug-likeness (QED) is 0.488. The van der Waals surface area contributed by atoms with Crippen LogP contribution >= 0.6 is 0 Å². The molecule has 0 fully saturated rings. The van der Waals surface area contributed by atoms with Crippen molar-refractivity contribution in [3.63, 3.8) is 0 Å². The lowest BCUT2D eigenvalue weighted by Crippen LogP contribution is -2.25. The summed E-state index contributed by atoms with van der Waals surface area (Å²) >= 11 is 0. The number of benzene rings is 2. The van der Waals surface area contributed by atoms with Gasteiger partial charge in [0.15, 0.2) is 5.58 Å². The lowest BCUT2D eigenvalue weighted by atomic mass is 10.2. The molecule has 0 radical (unpaired) electrons. The maximum Gasteiger partial charge on any atom is 0.419 e. The molecule has 2 aromatic heterocycles. The van der Waals surface area contributed by atoms with Crippen molar-refractivity contribution < 1.29 is 13.9 Å². The predicted octanol–water partition coefficient (Wildman–Crippen LogP) is 3.28. The van der Waals surface area contributed by atoms with Crippen LogP contribution in [0.2, 0.25) is 0 Å².